The number of hydrogen-bond donors (Lipinski definition) is 1. The second-order valence-electron chi connectivity index (χ2n) is 10.9. The standard InChI is InChI=1S/C32H45ClO7/c33-24-11-10-12-25(21-24)38-23-26(39-31-14-5-8-19-36-31)16-17-27-28(13-4-2-1-3-7-18-34)30(22-29(27)35)40-32-15-6-9-20-37-32/h2,4,10-12,16-18,21,26-32,35H,1,3,5-9,13-15,19-20,22-23H2/b4-2-,17-16+/t26-,27-,28-,29-,30+,31?,32?/m1/s1. The number of aliphatic hydroxyl groups excluding tert-OH is 1. The van der Waals surface area contributed by atoms with Crippen LogP contribution < -0.4 is 4.74 Å². The molecule has 222 valence electrons. The fourth-order valence-electron chi connectivity index (χ4n) is 5.68. The number of allylic oxidation sites excluding steroid dienone is 2. The SMILES string of the molecule is O=CCCC/C=C\C[C@@H]1[C@@H](/C=C/[C@H](COc2cccc(Cl)c2)OC2CCCCO2)[C@H](O)C[C@@H]1OC1CCCCO1. The van der Waals surface area contributed by atoms with E-state index in [1.54, 1.807) is 6.07 Å². The van der Waals surface area contributed by atoms with Gasteiger partial charge in [-0.2, -0.15) is 0 Å². The molecule has 0 amide bonds. The maximum Gasteiger partial charge on any atom is 0.158 e. The van der Waals surface area contributed by atoms with Gasteiger partial charge in [0.25, 0.3) is 0 Å². The van der Waals surface area contributed by atoms with Crippen molar-refractivity contribution in [3.63, 3.8) is 0 Å². The number of aliphatic hydroxyl groups is 1. The summed E-state index contributed by atoms with van der Waals surface area (Å²) in [4.78, 5) is 10.6. The Balaban J connectivity index is 1.44. The third-order valence-electron chi connectivity index (χ3n) is 7.85. The lowest BCUT2D eigenvalue weighted by atomic mass is 9.89. The number of halogens is 1. The van der Waals surface area contributed by atoms with Crippen molar-refractivity contribution in [3.05, 3.63) is 53.6 Å². The van der Waals surface area contributed by atoms with E-state index in [1.165, 1.54) is 0 Å². The van der Waals surface area contributed by atoms with Crippen LogP contribution in [0.4, 0.5) is 0 Å². The molecule has 1 saturated carbocycles. The maximum atomic E-state index is 11.2. The van der Waals surface area contributed by atoms with Crippen LogP contribution in [0, 0.1) is 11.8 Å². The van der Waals surface area contributed by atoms with Crippen LogP contribution in [0.15, 0.2) is 48.6 Å². The number of carbonyl (C=O) groups excluding carboxylic acids is 1. The largest absolute Gasteiger partial charge is 0.490 e. The number of unbranched alkanes of at least 4 members (excludes halogenated alkanes) is 2. The van der Waals surface area contributed by atoms with Crippen LogP contribution >= 0.6 is 11.6 Å². The van der Waals surface area contributed by atoms with Crippen LogP contribution in [0.25, 0.3) is 0 Å². The molecule has 1 aliphatic carbocycles. The quantitative estimate of drug-likeness (QED) is 0.147. The highest BCUT2D eigenvalue weighted by Crippen LogP contribution is 2.39. The zero-order chi connectivity index (χ0) is 28.0. The highest BCUT2D eigenvalue weighted by molar-refractivity contribution is 6.30. The summed E-state index contributed by atoms with van der Waals surface area (Å²) in [7, 11) is 0. The summed E-state index contributed by atoms with van der Waals surface area (Å²) < 4.78 is 30.5. The average Bonchev–Trinajstić information content (AvgIpc) is 3.26. The molecule has 2 saturated heterocycles. The van der Waals surface area contributed by atoms with Crippen LogP contribution in [0.2, 0.25) is 5.02 Å². The minimum Gasteiger partial charge on any atom is -0.490 e. The predicted molar refractivity (Wildman–Crippen MR) is 154 cm³/mol. The summed E-state index contributed by atoms with van der Waals surface area (Å²) in [5.74, 6) is 0.677. The smallest absolute Gasteiger partial charge is 0.158 e. The van der Waals surface area contributed by atoms with E-state index in [-0.39, 0.29) is 36.6 Å². The fourth-order valence-corrected chi connectivity index (χ4v) is 5.86. The van der Waals surface area contributed by atoms with E-state index in [0.29, 0.717) is 36.8 Å². The molecule has 3 aliphatic rings. The van der Waals surface area contributed by atoms with Crippen LogP contribution in [0.5, 0.6) is 5.75 Å². The molecule has 1 N–H and O–H groups in total. The van der Waals surface area contributed by atoms with Crippen molar-refractivity contribution in [2.24, 2.45) is 11.8 Å². The zero-order valence-electron chi connectivity index (χ0n) is 23.4. The first-order valence-corrected chi connectivity index (χ1v) is 15.4. The molecule has 0 bridgehead atoms. The fraction of sp³-hybridized carbons (Fsp3) is 0.656. The normalized spacial score (nSPS) is 30.1. The van der Waals surface area contributed by atoms with E-state index in [9.17, 15) is 9.90 Å². The molecule has 2 unspecified atom stereocenters. The molecular formula is C32H45ClO7. The van der Waals surface area contributed by atoms with Gasteiger partial charge in [0.15, 0.2) is 12.6 Å². The van der Waals surface area contributed by atoms with Crippen LogP contribution in [-0.4, -0.2) is 62.1 Å². The summed E-state index contributed by atoms with van der Waals surface area (Å²) in [6.45, 7) is 1.72. The number of aldehydes is 1. The number of ether oxygens (including phenoxy) is 5. The Morgan fingerprint density at radius 1 is 1.05 bits per heavy atom. The van der Waals surface area contributed by atoms with Gasteiger partial charge in [0.2, 0.25) is 0 Å². The summed E-state index contributed by atoms with van der Waals surface area (Å²) in [5, 5.41) is 11.8. The first-order chi connectivity index (χ1) is 19.6. The molecule has 7 nitrogen and oxygen atoms in total. The number of hydrogen-bond acceptors (Lipinski definition) is 7. The molecule has 1 aromatic carbocycles. The van der Waals surface area contributed by atoms with E-state index >= 15 is 0 Å². The van der Waals surface area contributed by atoms with E-state index in [1.807, 2.05) is 24.3 Å². The van der Waals surface area contributed by atoms with Crippen molar-refractivity contribution in [1.82, 2.24) is 0 Å². The number of rotatable bonds is 15. The van der Waals surface area contributed by atoms with Gasteiger partial charge in [-0.05, 0) is 81.9 Å². The lowest BCUT2D eigenvalue weighted by Gasteiger charge is -2.30. The monoisotopic (exact) mass is 576 g/mol. The third kappa shape index (κ3) is 10.3. The lowest BCUT2D eigenvalue weighted by Crippen LogP contribution is -2.31. The van der Waals surface area contributed by atoms with Gasteiger partial charge in [-0.15, -0.1) is 0 Å². The molecule has 0 spiro atoms. The first-order valence-electron chi connectivity index (χ1n) is 15.0. The highest BCUT2D eigenvalue weighted by Gasteiger charge is 2.42. The van der Waals surface area contributed by atoms with Crippen LogP contribution in [-0.2, 0) is 23.7 Å². The van der Waals surface area contributed by atoms with E-state index in [2.05, 4.69) is 18.2 Å². The van der Waals surface area contributed by atoms with Crippen LogP contribution in [0.3, 0.4) is 0 Å². The van der Waals surface area contributed by atoms with E-state index < -0.39 is 6.10 Å². The summed E-state index contributed by atoms with van der Waals surface area (Å²) >= 11 is 6.14. The predicted octanol–water partition coefficient (Wildman–Crippen LogP) is 6.41. The highest BCUT2D eigenvalue weighted by atomic mass is 35.5. The Bertz CT molecular complexity index is 926. The van der Waals surface area contributed by atoms with Gasteiger partial charge in [-0.3, -0.25) is 0 Å². The minimum absolute atomic E-state index is 0.0968. The van der Waals surface area contributed by atoms with E-state index in [0.717, 1.165) is 70.7 Å². The molecular weight excluding hydrogens is 532 g/mol. The van der Waals surface area contributed by atoms with Gasteiger partial charge in [0.05, 0.1) is 12.2 Å². The van der Waals surface area contributed by atoms with Crippen molar-refractivity contribution in [2.45, 2.75) is 102 Å². The number of benzene rings is 1. The molecule has 8 heteroatoms. The van der Waals surface area contributed by atoms with Crippen molar-refractivity contribution < 1.29 is 33.6 Å². The Morgan fingerprint density at radius 3 is 2.58 bits per heavy atom. The number of carbonyl (C=O) groups is 1. The molecule has 0 radical (unpaired) electrons. The summed E-state index contributed by atoms with van der Waals surface area (Å²) in [6, 6.07) is 7.33. The van der Waals surface area contributed by atoms with Gasteiger partial charge in [-0.25, -0.2) is 0 Å². The second-order valence-corrected chi connectivity index (χ2v) is 11.4. The first kappa shape index (κ1) is 31.2. The Labute approximate surface area is 243 Å². The Morgan fingerprint density at radius 2 is 1.85 bits per heavy atom. The molecule has 40 heavy (non-hydrogen) atoms. The van der Waals surface area contributed by atoms with Crippen LogP contribution in [0.1, 0.15) is 70.6 Å². The van der Waals surface area contributed by atoms with Crippen molar-refractivity contribution in [1.29, 1.82) is 0 Å². The topological polar surface area (TPSA) is 83.5 Å². The van der Waals surface area contributed by atoms with Crippen molar-refractivity contribution >= 4 is 17.9 Å². The Kier molecular flexibility index (Phi) is 13.5. The Hall–Kier alpha value is -1.74. The molecule has 2 heterocycles. The third-order valence-corrected chi connectivity index (χ3v) is 8.08. The second kappa shape index (κ2) is 17.3. The lowest BCUT2D eigenvalue weighted by molar-refractivity contribution is -0.195. The maximum absolute atomic E-state index is 11.2. The molecule has 4 rings (SSSR count). The van der Waals surface area contributed by atoms with Gasteiger partial charge in [-0.1, -0.05) is 42.0 Å². The molecule has 0 aromatic heterocycles. The zero-order valence-corrected chi connectivity index (χ0v) is 24.2. The van der Waals surface area contributed by atoms with E-state index in [4.69, 9.17) is 35.3 Å². The van der Waals surface area contributed by atoms with Gasteiger partial charge in [0.1, 0.15) is 24.7 Å². The van der Waals surface area contributed by atoms with Crippen molar-refractivity contribution in [3.8, 4) is 5.75 Å². The van der Waals surface area contributed by atoms with Gasteiger partial charge in [0, 0.05) is 37.0 Å². The summed E-state index contributed by atoms with van der Waals surface area (Å²) in [5.41, 5.74) is 0. The van der Waals surface area contributed by atoms with Gasteiger partial charge < -0.3 is 33.6 Å². The minimum atomic E-state index is -0.529. The average molecular weight is 577 g/mol. The molecule has 7 atom stereocenters. The van der Waals surface area contributed by atoms with Gasteiger partial charge >= 0.3 is 0 Å². The summed E-state index contributed by atoms with van der Waals surface area (Å²) in [6.07, 6.45) is 17.5. The molecule has 1 aromatic rings. The molecule has 2 aliphatic heterocycles. The molecule has 3 fully saturated rings. The van der Waals surface area contributed by atoms with Crippen molar-refractivity contribution in [2.75, 3.05) is 19.8 Å².